The molecule has 0 atom stereocenters. The van der Waals surface area contributed by atoms with Gasteiger partial charge in [-0.1, -0.05) is 0 Å². The van der Waals surface area contributed by atoms with Crippen molar-refractivity contribution in [3.63, 3.8) is 0 Å². The molecule has 0 fully saturated rings. The quantitative estimate of drug-likeness (QED) is 0.772. The van der Waals surface area contributed by atoms with Crippen molar-refractivity contribution in [2.45, 2.75) is 0 Å². The number of carboxylic acids is 1. The third kappa shape index (κ3) is 2.59. The van der Waals surface area contributed by atoms with Crippen LogP contribution in [-0.2, 0) is 4.79 Å². The molecule has 0 aromatic carbocycles. The number of furan rings is 1. The maximum atomic E-state index is 10.1. The Hall–Kier alpha value is -1.03. The third-order valence-corrected chi connectivity index (χ3v) is 1.42. The molecule has 1 heterocycles. The molecule has 0 aliphatic carbocycles. The van der Waals surface area contributed by atoms with Gasteiger partial charge in [-0.05, 0) is 28.1 Å². The zero-order valence-corrected chi connectivity index (χ0v) is 7.04. The maximum Gasteiger partial charge on any atom is 0.328 e. The van der Waals surface area contributed by atoms with Gasteiger partial charge in [-0.3, -0.25) is 0 Å². The summed E-state index contributed by atoms with van der Waals surface area (Å²) >= 11 is 3.09. The molecular weight excluding hydrogens is 212 g/mol. The Balaban J connectivity index is 2.71. The van der Waals surface area contributed by atoms with E-state index in [-0.39, 0.29) is 0 Å². The number of carboxylic acid groups (broad SMARTS) is 1. The molecule has 0 aliphatic heterocycles. The Morgan fingerprint density at radius 2 is 2.45 bits per heavy atom. The van der Waals surface area contributed by atoms with Crippen molar-refractivity contribution in [3.8, 4) is 0 Å². The first-order valence-corrected chi connectivity index (χ1v) is 3.63. The largest absolute Gasteiger partial charge is 0.478 e. The van der Waals surface area contributed by atoms with Crippen LogP contribution in [0, 0.1) is 0 Å². The highest BCUT2D eigenvalue weighted by Gasteiger charge is 1.94. The van der Waals surface area contributed by atoms with Crippen molar-refractivity contribution >= 4 is 28.0 Å². The molecule has 1 aromatic rings. The average molecular weight is 217 g/mol. The van der Waals surface area contributed by atoms with Gasteiger partial charge >= 0.3 is 5.97 Å². The highest BCUT2D eigenvalue weighted by molar-refractivity contribution is 9.10. The predicted molar refractivity (Wildman–Crippen MR) is 43.1 cm³/mol. The van der Waals surface area contributed by atoms with Gasteiger partial charge in [-0.15, -0.1) is 0 Å². The first kappa shape index (κ1) is 8.07. The van der Waals surface area contributed by atoms with E-state index in [0.717, 1.165) is 11.6 Å². The van der Waals surface area contributed by atoms with Crippen LogP contribution in [0.4, 0.5) is 0 Å². The lowest BCUT2D eigenvalue weighted by molar-refractivity contribution is -0.131. The minimum Gasteiger partial charge on any atom is -0.478 e. The fourth-order valence-electron chi connectivity index (χ4n) is 0.578. The molecule has 4 heteroatoms. The van der Waals surface area contributed by atoms with Crippen LogP contribution in [0.25, 0.3) is 6.08 Å². The summed E-state index contributed by atoms with van der Waals surface area (Å²) in [6, 6.07) is 1.68. The van der Waals surface area contributed by atoms with E-state index >= 15 is 0 Å². The van der Waals surface area contributed by atoms with Crippen molar-refractivity contribution in [1.29, 1.82) is 0 Å². The molecule has 58 valence electrons. The van der Waals surface area contributed by atoms with E-state index in [4.69, 9.17) is 9.52 Å². The molecule has 1 rings (SSSR count). The normalized spacial score (nSPS) is 10.6. The lowest BCUT2D eigenvalue weighted by Gasteiger charge is -1.77. The Labute approximate surface area is 71.5 Å². The highest BCUT2D eigenvalue weighted by Crippen LogP contribution is 2.14. The summed E-state index contributed by atoms with van der Waals surface area (Å²) in [5, 5.41) is 8.25. The molecule has 0 saturated heterocycles. The summed E-state index contributed by atoms with van der Waals surface area (Å²) in [6.45, 7) is 0. The molecule has 1 N–H and O–H groups in total. The minimum absolute atomic E-state index is 0.586. The molecule has 1 aromatic heterocycles. The van der Waals surface area contributed by atoms with Crippen molar-refractivity contribution in [2.24, 2.45) is 0 Å². The minimum atomic E-state index is -0.970. The van der Waals surface area contributed by atoms with E-state index in [1.54, 1.807) is 6.07 Å². The van der Waals surface area contributed by atoms with E-state index in [1.807, 2.05) is 0 Å². The van der Waals surface area contributed by atoms with Crippen LogP contribution < -0.4 is 0 Å². The number of rotatable bonds is 2. The van der Waals surface area contributed by atoms with Gasteiger partial charge in [-0.2, -0.15) is 0 Å². The molecule has 3 nitrogen and oxygen atoms in total. The van der Waals surface area contributed by atoms with Crippen molar-refractivity contribution in [2.75, 3.05) is 0 Å². The van der Waals surface area contributed by atoms with Gasteiger partial charge in [-0.25, -0.2) is 4.79 Å². The number of carbonyl (C=O) groups is 1. The fraction of sp³-hybridized carbons (Fsp3) is 0. The van der Waals surface area contributed by atoms with Crippen LogP contribution in [0.1, 0.15) is 5.56 Å². The van der Waals surface area contributed by atoms with Gasteiger partial charge in [0.15, 0.2) is 4.67 Å². The molecule has 0 unspecified atom stereocenters. The van der Waals surface area contributed by atoms with Crippen molar-refractivity contribution in [3.05, 3.63) is 28.6 Å². The molecule has 11 heavy (non-hydrogen) atoms. The van der Waals surface area contributed by atoms with Crippen LogP contribution in [0.2, 0.25) is 0 Å². The van der Waals surface area contributed by atoms with E-state index < -0.39 is 5.97 Å². The zero-order valence-electron chi connectivity index (χ0n) is 5.45. The molecular formula is C7H5BrO3. The van der Waals surface area contributed by atoms with Gasteiger partial charge in [0.25, 0.3) is 0 Å². The zero-order chi connectivity index (χ0) is 8.27. The van der Waals surface area contributed by atoms with Crippen LogP contribution >= 0.6 is 15.9 Å². The smallest absolute Gasteiger partial charge is 0.328 e. The van der Waals surface area contributed by atoms with Crippen molar-refractivity contribution in [1.82, 2.24) is 0 Å². The third-order valence-electron chi connectivity index (χ3n) is 1.01. The Bertz CT molecular complexity index is 288. The average Bonchev–Trinajstić information content (AvgIpc) is 2.31. The van der Waals surface area contributed by atoms with Crippen molar-refractivity contribution < 1.29 is 14.3 Å². The SMILES string of the molecule is O=C(O)/C=C/c1coc(Br)c1. The first-order chi connectivity index (χ1) is 5.18. The van der Waals surface area contributed by atoms with E-state index in [2.05, 4.69) is 15.9 Å². The summed E-state index contributed by atoms with van der Waals surface area (Å²) in [5.74, 6) is -0.970. The molecule has 0 radical (unpaired) electrons. The maximum absolute atomic E-state index is 10.1. The second-order valence-corrected chi connectivity index (χ2v) is 2.64. The second kappa shape index (κ2) is 3.39. The van der Waals surface area contributed by atoms with E-state index in [9.17, 15) is 4.79 Å². The first-order valence-electron chi connectivity index (χ1n) is 2.83. The lowest BCUT2D eigenvalue weighted by Crippen LogP contribution is -1.84. The van der Waals surface area contributed by atoms with Gasteiger partial charge in [0.05, 0.1) is 6.26 Å². The molecule has 0 amide bonds. The van der Waals surface area contributed by atoms with E-state index in [0.29, 0.717) is 4.67 Å². The standard InChI is InChI=1S/C7H5BrO3/c8-6-3-5(4-11-6)1-2-7(9)10/h1-4H,(H,9,10)/b2-1+. The summed E-state index contributed by atoms with van der Waals surface area (Å²) in [5.41, 5.74) is 0.722. The summed E-state index contributed by atoms with van der Waals surface area (Å²) < 4.78 is 5.45. The number of hydrogen-bond acceptors (Lipinski definition) is 2. The second-order valence-electron chi connectivity index (χ2n) is 1.86. The monoisotopic (exact) mass is 216 g/mol. The van der Waals surface area contributed by atoms with Crippen LogP contribution in [0.15, 0.2) is 27.5 Å². The fourth-order valence-corrected chi connectivity index (χ4v) is 0.936. The highest BCUT2D eigenvalue weighted by atomic mass is 79.9. The van der Waals surface area contributed by atoms with Crippen LogP contribution in [0.3, 0.4) is 0 Å². The Morgan fingerprint density at radius 3 is 2.91 bits per heavy atom. The van der Waals surface area contributed by atoms with Crippen LogP contribution in [-0.4, -0.2) is 11.1 Å². The molecule has 0 saturated carbocycles. The molecule has 0 aliphatic rings. The number of halogens is 1. The van der Waals surface area contributed by atoms with Gasteiger partial charge < -0.3 is 9.52 Å². The Kier molecular flexibility index (Phi) is 2.48. The predicted octanol–water partition coefficient (Wildman–Crippen LogP) is 2.14. The number of hydrogen-bond donors (Lipinski definition) is 1. The summed E-state index contributed by atoms with van der Waals surface area (Å²) in [6.07, 6.45) is 3.97. The van der Waals surface area contributed by atoms with Crippen LogP contribution in [0.5, 0.6) is 0 Å². The molecule has 0 spiro atoms. The topological polar surface area (TPSA) is 50.4 Å². The number of aliphatic carboxylic acids is 1. The van der Waals surface area contributed by atoms with Gasteiger partial charge in [0, 0.05) is 11.6 Å². The molecule has 0 bridgehead atoms. The Morgan fingerprint density at radius 1 is 1.73 bits per heavy atom. The summed E-state index contributed by atoms with van der Waals surface area (Å²) in [4.78, 5) is 10.1. The summed E-state index contributed by atoms with van der Waals surface area (Å²) in [7, 11) is 0. The van der Waals surface area contributed by atoms with Gasteiger partial charge in [0.2, 0.25) is 0 Å². The van der Waals surface area contributed by atoms with Gasteiger partial charge in [0.1, 0.15) is 0 Å². The van der Waals surface area contributed by atoms with E-state index in [1.165, 1.54) is 12.3 Å². The lowest BCUT2D eigenvalue weighted by atomic mass is 10.3.